The van der Waals surface area contributed by atoms with Crippen molar-refractivity contribution in [2.24, 2.45) is 0 Å². The Bertz CT molecular complexity index is 1120. The van der Waals surface area contributed by atoms with Gasteiger partial charge in [0.25, 0.3) is 5.56 Å². The molecule has 32 heavy (non-hydrogen) atoms. The Morgan fingerprint density at radius 3 is 2.41 bits per heavy atom. The molecule has 8 heteroatoms. The fourth-order valence-corrected chi connectivity index (χ4v) is 4.05. The van der Waals surface area contributed by atoms with Crippen molar-refractivity contribution in [3.05, 3.63) is 52.3 Å². The van der Waals surface area contributed by atoms with Crippen molar-refractivity contribution in [2.75, 3.05) is 40.4 Å². The maximum atomic E-state index is 12.7. The number of methoxy groups -OCH3 is 2. The van der Waals surface area contributed by atoms with Crippen LogP contribution in [0.2, 0.25) is 0 Å². The van der Waals surface area contributed by atoms with Crippen LogP contribution in [0, 0.1) is 0 Å². The van der Waals surface area contributed by atoms with Gasteiger partial charge in [0, 0.05) is 56.5 Å². The summed E-state index contributed by atoms with van der Waals surface area (Å²) < 4.78 is 10.7. The van der Waals surface area contributed by atoms with Crippen molar-refractivity contribution in [1.29, 1.82) is 0 Å². The number of aromatic amines is 1. The summed E-state index contributed by atoms with van der Waals surface area (Å²) in [7, 11) is 3.11. The molecule has 0 unspecified atom stereocenters. The molecule has 3 aromatic rings. The molecular weight excluding hydrogens is 406 g/mol. The average molecular weight is 438 g/mol. The first-order valence-electron chi connectivity index (χ1n) is 11.0. The number of nitrogens with zero attached hydrogens (tertiary/aromatic N) is 3. The second kappa shape index (κ2) is 9.68. The third-order valence-corrected chi connectivity index (χ3v) is 5.65. The zero-order chi connectivity index (χ0) is 22.7. The first-order valence-corrected chi connectivity index (χ1v) is 11.0. The Balaban J connectivity index is 1.50. The Hall–Kier alpha value is -2.94. The number of benzene rings is 2. The molecule has 1 aliphatic rings. The van der Waals surface area contributed by atoms with Crippen LogP contribution in [0.5, 0.6) is 11.5 Å². The smallest absolute Gasteiger partial charge is 0.262 e. The van der Waals surface area contributed by atoms with Gasteiger partial charge in [0.05, 0.1) is 19.7 Å². The quantitative estimate of drug-likeness (QED) is 0.588. The van der Waals surface area contributed by atoms with Crippen molar-refractivity contribution >= 4 is 10.9 Å². The number of hydrogen-bond donors (Lipinski definition) is 2. The van der Waals surface area contributed by atoms with Gasteiger partial charge in [-0.15, -0.1) is 0 Å². The molecule has 0 bridgehead atoms. The van der Waals surface area contributed by atoms with Crippen LogP contribution < -0.4 is 20.5 Å². The summed E-state index contributed by atoms with van der Waals surface area (Å²) in [6.45, 7) is 9.34. The molecule has 170 valence electrons. The van der Waals surface area contributed by atoms with Gasteiger partial charge in [0.15, 0.2) is 0 Å². The highest BCUT2D eigenvalue weighted by Crippen LogP contribution is 2.28. The molecule has 2 N–H and O–H groups in total. The van der Waals surface area contributed by atoms with Crippen LogP contribution in [-0.4, -0.2) is 66.3 Å². The van der Waals surface area contributed by atoms with E-state index < -0.39 is 0 Å². The molecule has 0 radical (unpaired) electrons. The van der Waals surface area contributed by atoms with Gasteiger partial charge in [-0.25, -0.2) is 9.99 Å². The van der Waals surface area contributed by atoms with E-state index in [2.05, 4.69) is 51.3 Å². The van der Waals surface area contributed by atoms with E-state index in [1.54, 1.807) is 19.2 Å². The summed E-state index contributed by atoms with van der Waals surface area (Å²) in [6.07, 6.45) is 0. The minimum atomic E-state index is -0.235. The van der Waals surface area contributed by atoms with E-state index in [0.717, 1.165) is 38.3 Å². The van der Waals surface area contributed by atoms with Gasteiger partial charge in [0.2, 0.25) is 0 Å². The monoisotopic (exact) mass is 437 g/mol. The van der Waals surface area contributed by atoms with Crippen molar-refractivity contribution in [3.8, 4) is 22.9 Å². The Morgan fingerprint density at radius 1 is 1.06 bits per heavy atom. The second-order valence-electron chi connectivity index (χ2n) is 8.38. The van der Waals surface area contributed by atoms with Crippen molar-refractivity contribution in [1.82, 2.24) is 25.3 Å². The number of fused-ring (bicyclic) bond motifs is 1. The normalized spacial score (nSPS) is 15.4. The largest absolute Gasteiger partial charge is 0.497 e. The lowest BCUT2D eigenvalue weighted by Gasteiger charge is -2.35. The lowest BCUT2D eigenvalue weighted by molar-refractivity contribution is 0.0759. The van der Waals surface area contributed by atoms with Crippen LogP contribution in [0.3, 0.4) is 0 Å². The van der Waals surface area contributed by atoms with E-state index in [1.165, 1.54) is 12.7 Å². The SMILES string of the molecule is COc1cc(OC)c2c(=O)[nH]c(-c3ccc(CN4CCN(NC(C)C)CC4)cc3)nc2c1. The fourth-order valence-electron chi connectivity index (χ4n) is 4.05. The number of aromatic nitrogens is 2. The summed E-state index contributed by atoms with van der Waals surface area (Å²) in [4.78, 5) is 22.8. The van der Waals surface area contributed by atoms with Crippen molar-refractivity contribution < 1.29 is 9.47 Å². The lowest BCUT2D eigenvalue weighted by atomic mass is 10.1. The first-order chi connectivity index (χ1) is 15.5. The van der Waals surface area contributed by atoms with E-state index in [-0.39, 0.29) is 5.56 Å². The van der Waals surface area contributed by atoms with Gasteiger partial charge in [-0.1, -0.05) is 24.3 Å². The molecule has 1 aliphatic heterocycles. The number of rotatable bonds is 7. The average Bonchev–Trinajstić information content (AvgIpc) is 2.79. The fraction of sp³-hybridized carbons (Fsp3) is 0.417. The number of nitrogens with one attached hydrogen (secondary N) is 2. The van der Waals surface area contributed by atoms with Crippen molar-refractivity contribution in [2.45, 2.75) is 26.4 Å². The molecule has 0 saturated carbocycles. The van der Waals surface area contributed by atoms with Crippen LogP contribution >= 0.6 is 0 Å². The van der Waals surface area contributed by atoms with E-state index in [0.29, 0.717) is 34.3 Å². The van der Waals surface area contributed by atoms with Gasteiger partial charge < -0.3 is 14.5 Å². The molecule has 1 aromatic heterocycles. The minimum Gasteiger partial charge on any atom is -0.497 e. The summed E-state index contributed by atoms with van der Waals surface area (Å²) >= 11 is 0. The van der Waals surface area contributed by atoms with Gasteiger partial charge in [-0.2, -0.15) is 0 Å². The maximum absolute atomic E-state index is 12.7. The molecule has 0 atom stereocenters. The third kappa shape index (κ3) is 4.93. The van der Waals surface area contributed by atoms with E-state index in [1.807, 2.05) is 12.1 Å². The molecule has 4 rings (SSSR count). The molecule has 0 spiro atoms. The van der Waals surface area contributed by atoms with Gasteiger partial charge in [-0.05, 0) is 19.4 Å². The van der Waals surface area contributed by atoms with Crippen LogP contribution in [0.15, 0.2) is 41.2 Å². The van der Waals surface area contributed by atoms with E-state index >= 15 is 0 Å². The molecule has 0 aliphatic carbocycles. The molecular formula is C24H31N5O3. The van der Waals surface area contributed by atoms with Gasteiger partial charge >= 0.3 is 0 Å². The first kappa shape index (κ1) is 22.3. The Morgan fingerprint density at radius 2 is 1.78 bits per heavy atom. The molecule has 0 amide bonds. The minimum absolute atomic E-state index is 0.235. The number of piperazine rings is 1. The Labute approximate surface area is 188 Å². The Kier molecular flexibility index (Phi) is 6.74. The predicted octanol–water partition coefficient (Wildman–Crippen LogP) is 2.64. The number of H-pyrrole nitrogens is 1. The standard InChI is InChI=1S/C24H31N5O3/c1-16(2)27-29-11-9-28(10-12-29)15-17-5-7-18(8-6-17)23-25-20-13-19(31-3)14-21(32-4)22(20)24(30)26-23/h5-8,13-14,16,27H,9-12,15H2,1-4H3,(H,25,26,30). The zero-order valence-corrected chi connectivity index (χ0v) is 19.1. The highest BCUT2D eigenvalue weighted by Gasteiger charge is 2.17. The van der Waals surface area contributed by atoms with Gasteiger partial charge in [-0.3, -0.25) is 15.1 Å². The summed E-state index contributed by atoms with van der Waals surface area (Å²) in [5.41, 5.74) is 5.89. The van der Waals surface area contributed by atoms with Crippen LogP contribution in [0.4, 0.5) is 0 Å². The highest BCUT2D eigenvalue weighted by atomic mass is 16.5. The molecule has 2 aromatic carbocycles. The van der Waals surface area contributed by atoms with Crippen LogP contribution in [0.1, 0.15) is 19.4 Å². The summed E-state index contributed by atoms with van der Waals surface area (Å²) in [5, 5.41) is 2.72. The van der Waals surface area contributed by atoms with E-state index in [9.17, 15) is 4.79 Å². The summed E-state index contributed by atoms with van der Waals surface area (Å²) in [5.74, 6) is 1.56. The second-order valence-corrected chi connectivity index (χ2v) is 8.38. The number of hydrogen-bond acceptors (Lipinski definition) is 7. The number of ether oxygens (including phenoxy) is 2. The maximum Gasteiger partial charge on any atom is 0.262 e. The zero-order valence-electron chi connectivity index (χ0n) is 19.1. The molecule has 1 saturated heterocycles. The van der Waals surface area contributed by atoms with Crippen LogP contribution in [-0.2, 0) is 6.54 Å². The molecule has 8 nitrogen and oxygen atoms in total. The van der Waals surface area contributed by atoms with Crippen LogP contribution in [0.25, 0.3) is 22.3 Å². The predicted molar refractivity (Wildman–Crippen MR) is 126 cm³/mol. The van der Waals surface area contributed by atoms with Gasteiger partial charge in [0.1, 0.15) is 22.7 Å². The lowest BCUT2D eigenvalue weighted by Crippen LogP contribution is -2.53. The van der Waals surface area contributed by atoms with E-state index in [4.69, 9.17) is 9.47 Å². The van der Waals surface area contributed by atoms with Crippen molar-refractivity contribution in [3.63, 3.8) is 0 Å². The molecule has 2 heterocycles. The highest BCUT2D eigenvalue weighted by molar-refractivity contribution is 5.87. The number of hydrazine groups is 1. The molecule has 1 fully saturated rings. The summed E-state index contributed by atoms with van der Waals surface area (Å²) in [6, 6.07) is 12.1. The topological polar surface area (TPSA) is 82.7 Å². The third-order valence-electron chi connectivity index (χ3n) is 5.65.